The van der Waals surface area contributed by atoms with E-state index in [9.17, 15) is 4.79 Å². The summed E-state index contributed by atoms with van der Waals surface area (Å²) in [6.07, 6.45) is 1.77. The number of aromatic nitrogens is 1. The van der Waals surface area contributed by atoms with E-state index >= 15 is 0 Å². The number of hydrogen-bond donors (Lipinski definition) is 1. The van der Waals surface area contributed by atoms with E-state index < -0.39 is 6.03 Å². The van der Waals surface area contributed by atoms with Crippen LogP contribution in [0.5, 0.6) is 0 Å². The van der Waals surface area contributed by atoms with Crippen molar-refractivity contribution in [2.24, 2.45) is 4.99 Å². The van der Waals surface area contributed by atoms with Gasteiger partial charge < -0.3 is 4.57 Å². The normalized spacial score (nSPS) is 11.7. The summed E-state index contributed by atoms with van der Waals surface area (Å²) in [6, 6.07) is 7.36. The zero-order chi connectivity index (χ0) is 13.0. The van der Waals surface area contributed by atoms with Crippen molar-refractivity contribution < 1.29 is 9.63 Å². The summed E-state index contributed by atoms with van der Waals surface area (Å²) in [4.78, 5) is 20.5. The molecule has 0 saturated heterocycles. The lowest BCUT2D eigenvalue weighted by Crippen LogP contribution is -2.23. The average Bonchev–Trinajstić information content (AvgIpc) is 2.68. The third kappa shape index (κ3) is 2.49. The molecule has 0 aliphatic heterocycles. The molecular weight excluding hydrogens is 250 g/mol. The van der Waals surface area contributed by atoms with Crippen molar-refractivity contribution in [2.75, 3.05) is 7.11 Å². The molecule has 6 heteroatoms. The summed E-state index contributed by atoms with van der Waals surface area (Å²) in [5.74, 6) is 0. The van der Waals surface area contributed by atoms with Crippen LogP contribution in [0.2, 0.25) is 0 Å². The zero-order valence-corrected chi connectivity index (χ0v) is 10.7. The van der Waals surface area contributed by atoms with E-state index in [1.165, 1.54) is 18.4 Å². The van der Waals surface area contributed by atoms with Crippen molar-refractivity contribution in [3.05, 3.63) is 41.7 Å². The van der Waals surface area contributed by atoms with Crippen molar-refractivity contribution >= 4 is 27.6 Å². The van der Waals surface area contributed by atoms with Crippen molar-refractivity contribution in [2.45, 2.75) is 6.54 Å². The Balaban J connectivity index is 2.58. The van der Waals surface area contributed by atoms with Crippen LogP contribution in [0.15, 0.2) is 41.9 Å². The van der Waals surface area contributed by atoms with Crippen molar-refractivity contribution in [1.29, 1.82) is 0 Å². The first-order valence-electron chi connectivity index (χ1n) is 5.33. The Bertz CT molecular complexity index is 642. The van der Waals surface area contributed by atoms with Crippen LogP contribution in [0, 0.1) is 0 Å². The average molecular weight is 263 g/mol. The Morgan fingerprint density at radius 2 is 2.39 bits per heavy atom. The topological polar surface area (TPSA) is 55.6 Å². The number of thiazole rings is 1. The number of nitrogens with zero attached hydrogens (tertiary/aromatic N) is 2. The second-order valence-electron chi connectivity index (χ2n) is 3.47. The number of fused-ring (bicyclic) bond motifs is 1. The maximum Gasteiger partial charge on any atom is 0.367 e. The Morgan fingerprint density at radius 3 is 3.11 bits per heavy atom. The van der Waals surface area contributed by atoms with E-state index in [-0.39, 0.29) is 0 Å². The maximum absolute atomic E-state index is 11.4. The molecule has 0 atom stereocenters. The number of allylic oxidation sites excluding steroid dienone is 1. The Morgan fingerprint density at radius 1 is 1.61 bits per heavy atom. The number of carbonyl (C=O) groups excluding carboxylic acids is 1. The second kappa shape index (κ2) is 5.61. The first-order chi connectivity index (χ1) is 8.76. The molecule has 0 bridgehead atoms. The molecule has 2 aromatic rings. The van der Waals surface area contributed by atoms with Gasteiger partial charge in [0.15, 0.2) is 4.80 Å². The summed E-state index contributed by atoms with van der Waals surface area (Å²) in [5.41, 5.74) is 3.20. The highest BCUT2D eigenvalue weighted by molar-refractivity contribution is 7.16. The zero-order valence-electron chi connectivity index (χ0n) is 9.92. The number of carbonyl (C=O) groups is 1. The van der Waals surface area contributed by atoms with Gasteiger partial charge in [-0.05, 0) is 12.1 Å². The van der Waals surface area contributed by atoms with Gasteiger partial charge in [0.05, 0.1) is 17.3 Å². The van der Waals surface area contributed by atoms with Crippen molar-refractivity contribution in [3.8, 4) is 0 Å². The first kappa shape index (κ1) is 12.5. The molecule has 1 aromatic carbocycles. The Labute approximate surface area is 108 Å². The molecule has 2 rings (SSSR count). The first-order valence-corrected chi connectivity index (χ1v) is 6.15. The third-order valence-corrected chi connectivity index (χ3v) is 3.35. The molecule has 0 saturated carbocycles. The minimum atomic E-state index is -0.526. The monoisotopic (exact) mass is 263 g/mol. The molecule has 0 spiro atoms. The smallest absolute Gasteiger partial charge is 0.312 e. The molecule has 0 radical (unpaired) electrons. The quantitative estimate of drug-likeness (QED) is 0.680. The molecular formula is C12H13N3O2S. The van der Waals surface area contributed by atoms with Gasteiger partial charge in [0, 0.05) is 6.54 Å². The lowest BCUT2D eigenvalue weighted by atomic mass is 10.3. The third-order valence-electron chi connectivity index (χ3n) is 2.29. The van der Waals surface area contributed by atoms with Crippen LogP contribution in [-0.4, -0.2) is 17.7 Å². The molecule has 1 heterocycles. The minimum Gasteiger partial charge on any atom is -0.312 e. The van der Waals surface area contributed by atoms with Gasteiger partial charge in [0.2, 0.25) is 0 Å². The van der Waals surface area contributed by atoms with Gasteiger partial charge in [-0.25, -0.2) is 10.3 Å². The summed E-state index contributed by atoms with van der Waals surface area (Å²) < 4.78 is 3.01. The number of nitrogens with one attached hydrogen (secondary N) is 1. The van der Waals surface area contributed by atoms with Gasteiger partial charge >= 0.3 is 6.03 Å². The van der Waals surface area contributed by atoms with E-state index in [0.29, 0.717) is 11.3 Å². The Hall–Kier alpha value is -1.92. The number of rotatable bonds is 3. The van der Waals surface area contributed by atoms with Gasteiger partial charge in [-0.15, -0.1) is 6.58 Å². The molecule has 1 aromatic heterocycles. The number of hydrogen-bond acceptors (Lipinski definition) is 3. The minimum absolute atomic E-state index is 0.526. The van der Waals surface area contributed by atoms with Crippen LogP contribution in [0.1, 0.15) is 0 Å². The predicted molar refractivity (Wildman–Crippen MR) is 71.1 cm³/mol. The predicted octanol–water partition coefficient (Wildman–Crippen LogP) is 2.06. The van der Waals surface area contributed by atoms with Crippen LogP contribution in [0.25, 0.3) is 10.2 Å². The van der Waals surface area contributed by atoms with E-state index in [1.54, 1.807) is 6.08 Å². The fraction of sp³-hybridized carbons (Fsp3) is 0.167. The van der Waals surface area contributed by atoms with Gasteiger partial charge in [0.25, 0.3) is 0 Å². The summed E-state index contributed by atoms with van der Waals surface area (Å²) in [7, 11) is 1.37. The molecule has 0 aliphatic carbocycles. The number of benzene rings is 1. The molecule has 18 heavy (non-hydrogen) atoms. The van der Waals surface area contributed by atoms with Gasteiger partial charge in [-0.1, -0.05) is 29.5 Å². The summed E-state index contributed by atoms with van der Waals surface area (Å²) >= 11 is 1.45. The number of hydroxylamine groups is 1. The van der Waals surface area contributed by atoms with Crippen LogP contribution in [-0.2, 0) is 11.4 Å². The van der Waals surface area contributed by atoms with Gasteiger partial charge in [-0.2, -0.15) is 4.99 Å². The molecule has 0 unspecified atom stereocenters. The highest BCUT2D eigenvalue weighted by atomic mass is 32.1. The highest BCUT2D eigenvalue weighted by Crippen LogP contribution is 2.16. The lowest BCUT2D eigenvalue weighted by molar-refractivity contribution is 0.112. The molecule has 1 N–H and O–H groups in total. The van der Waals surface area contributed by atoms with Gasteiger partial charge in [0.1, 0.15) is 0 Å². The molecule has 94 valence electrons. The fourth-order valence-corrected chi connectivity index (χ4v) is 2.65. The number of para-hydroxylation sites is 1. The summed E-state index contributed by atoms with van der Waals surface area (Å²) in [5, 5.41) is 0. The van der Waals surface area contributed by atoms with E-state index in [0.717, 1.165) is 10.2 Å². The second-order valence-corrected chi connectivity index (χ2v) is 4.48. The maximum atomic E-state index is 11.4. The molecule has 0 aliphatic rings. The van der Waals surface area contributed by atoms with Crippen molar-refractivity contribution in [1.82, 2.24) is 10.0 Å². The largest absolute Gasteiger partial charge is 0.367 e. The van der Waals surface area contributed by atoms with E-state index in [4.69, 9.17) is 0 Å². The molecule has 2 amide bonds. The van der Waals surface area contributed by atoms with Crippen LogP contribution < -0.4 is 10.3 Å². The van der Waals surface area contributed by atoms with Gasteiger partial charge in [-0.3, -0.25) is 4.84 Å². The van der Waals surface area contributed by atoms with E-state index in [1.807, 2.05) is 28.8 Å². The van der Waals surface area contributed by atoms with E-state index in [2.05, 4.69) is 21.9 Å². The van der Waals surface area contributed by atoms with Crippen LogP contribution in [0.3, 0.4) is 0 Å². The SMILES string of the molecule is C=CCn1c(=NC(=O)NOC)sc2ccccc21. The summed E-state index contributed by atoms with van der Waals surface area (Å²) in [6.45, 7) is 4.32. The number of urea groups is 1. The molecule has 0 fully saturated rings. The standard InChI is InChI=1S/C12H13N3O2S/c1-3-8-15-9-6-4-5-7-10(9)18-12(15)13-11(16)14-17-2/h3-7H,1,8H2,2H3,(H,14,16). The fourth-order valence-electron chi connectivity index (χ4n) is 1.61. The van der Waals surface area contributed by atoms with Crippen LogP contribution >= 0.6 is 11.3 Å². The van der Waals surface area contributed by atoms with Crippen molar-refractivity contribution in [3.63, 3.8) is 0 Å². The lowest BCUT2D eigenvalue weighted by Gasteiger charge is -2.00. The molecule has 5 nitrogen and oxygen atoms in total. The highest BCUT2D eigenvalue weighted by Gasteiger charge is 2.05. The van der Waals surface area contributed by atoms with Crippen LogP contribution in [0.4, 0.5) is 4.79 Å². The number of amides is 2. The Kier molecular flexibility index (Phi) is 3.91.